The minimum atomic E-state index is -0.593. The topological polar surface area (TPSA) is 98.8 Å². The first-order valence-electron chi connectivity index (χ1n) is 8.27. The average Bonchev–Trinajstić information content (AvgIpc) is 3.13. The van der Waals surface area contributed by atoms with Crippen molar-refractivity contribution in [2.45, 2.75) is 13.0 Å². The summed E-state index contributed by atoms with van der Waals surface area (Å²) >= 11 is 0. The smallest absolute Gasteiger partial charge is 0.390 e. The van der Waals surface area contributed by atoms with Crippen LogP contribution in [0.4, 0.5) is 11.6 Å². The van der Waals surface area contributed by atoms with Gasteiger partial charge in [-0.05, 0) is 23.5 Å². The molecular formula is C18H17ClN6O2. The molecule has 0 aliphatic rings. The van der Waals surface area contributed by atoms with Gasteiger partial charge in [-0.2, -0.15) is 4.68 Å². The molecule has 27 heavy (non-hydrogen) atoms. The predicted molar refractivity (Wildman–Crippen MR) is 106 cm³/mol. The summed E-state index contributed by atoms with van der Waals surface area (Å²) in [6, 6.07) is 16.1. The van der Waals surface area contributed by atoms with E-state index in [2.05, 4.69) is 27.5 Å². The Morgan fingerprint density at radius 2 is 1.67 bits per heavy atom. The predicted octanol–water partition coefficient (Wildman–Crippen LogP) is 3.81. The van der Waals surface area contributed by atoms with Gasteiger partial charge in [0.05, 0.1) is 23.3 Å². The van der Waals surface area contributed by atoms with Crippen molar-refractivity contribution in [3.05, 3.63) is 65.0 Å². The molecule has 0 bridgehead atoms. The highest BCUT2D eigenvalue weighted by atomic mass is 35.5. The van der Waals surface area contributed by atoms with Gasteiger partial charge in [-0.15, -0.1) is 12.4 Å². The SMILES string of the molecule is Cl.O=[N+]([O-])c1ncn(CCCNc2c3ccccc3nc3ccccc23)n1. The van der Waals surface area contributed by atoms with Crippen molar-refractivity contribution in [1.82, 2.24) is 19.7 Å². The summed E-state index contributed by atoms with van der Waals surface area (Å²) in [5, 5.41) is 20.1. The molecular weight excluding hydrogens is 368 g/mol. The van der Waals surface area contributed by atoms with Crippen molar-refractivity contribution in [2.75, 3.05) is 11.9 Å². The maximum atomic E-state index is 10.6. The van der Waals surface area contributed by atoms with E-state index in [1.54, 1.807) is 0 Å². The molecule has 0 fully saturated rings. The lowest BCUT2D eigenvalue weighted by atomic mass is 10.1. The maximum Gasteiger partial charge on any atom is 0.490 e. The molecule has 8 nitrogen and oxygen atoms in total. The molecule has 9 heteroatoms. The van der Waals surface area contributed by atoms with Crippen LogP contribution in [0, 0.1) is 10.1 Å². The second-order valence-electron chi connectivity index (χ2n) is 5.87. The molecule has 2 heterocycles. The molecule has 0 unspecified atom stereocenters. The molecule has 2 aromatic carbocycles. The number of aryl methyl sites for hydroxylation is 1. The lowest BCUT2D eigenvalue weighted by molar-refractivity contribution is -0.394. The highest BCUT2D eigenvalue weighted by Crippen LogP contribution is 2.30. The minimum Gasteiger partial charge on any atom is -0.390 e. The number of nitrogens with one attached hydrogen (secondary N) is 1. The summed E-state index contributed by atoms with van der Waals surface area (Å²) in [7, 11) is 0. The molecule has 0 radical (unpaired) electrons. The van der Waals surface area contributed by atoms with Crippen LogP contribution in [0.15, 0.2) is 54.9 Å². The third-order valence-corrected chi connectivity index (χ3v) is 4.14. The number of para-hydroxylation sites is 2. The van der Waals surface area contributed by atoms with Crippen LogP contribution in [-0.4, -0.2) is 31.2 Å². The highest BCUT2D eigenvalue weighted by Gasteiger charge is 2.12. The van der Waals surface area contributed by atoms with Gasteiger partial charge in [0.1, 0.15) is 0 Å². The second-order valence-corrected chi connectivity index (χ2v) is 5.87. The Bertz CT molecular complexity index is 1040. The van der Waals surface area contributed by atoms with Gasteiger partial charge in [0.25, 0.3) is 0 Å². The van der Waals surface area contributed by atoms with Crippen LogP contribution in [0.5, 0.6) is 0 Å². The van der Waals surface area contributed by atoms with Crippen molar-refractivity contribution < 1.29 is 4.92 Å². The number of nitro groups is 1. The third kappa shape index (κ3) is 3.80. The van der Waals surface area contributed by atoms with Gasteiger partial charge in [0.15, 0.2) is 0 Å². The van der Waals surface area contributed by atoms with Crippen LogP contribution in [0.3, 0.4) is 0 Å². The maximum absolute atomic E-state index is 10.6. The zero-order valence-corrected chi connectivity index (χ0v) is 15.1. The van der Waals surface area contributed by atoms with Crippen molar-refractivity contribution >= 4 is 45.8 Å². The fourth-order valence-electron chi connectivity index (χ4n) is 2.96. The molecule has 0 spiro atoms. The number of hydrogen-bond donors (Lipinski definition) is 1. The van der Waals surface area contributed by atoms with Crippen molar-refractivity contribution in [1.29, 1.82) is 0 Å². The molecule has 1 N–H and O–H groups in total. The number of rotatable bonds is 6. The van der Waals surface area contributed by atoms with E-state index in [0.717, 1.165) is 33.9 Å². The van der Waals surface area contributed by atoms with Crippen LogP contribution in [0.25, 0.3) is 21.8 Å². The number of nitrogens with zero attached hydrogens (tertiary/aromatic N) is 5. The van der Waals surface area contributed by atoms with Gasteiger partial charge in [0.2, 0.25) is 6.33 Å². The zero-order chi connectivity index (χ0) is 17.9. The van der Waals surface area contributed by atoms with Gasteiger partial charge >= 0.3 is 5.95 Å². The van der Waals surface area contributed by atoms with E-state index < -0.39 is 4.92 Å². The number of aromatic nitrogens is 4. The zero-order valence-electron chi connectivity index (χ0n) is 14.3. The molecule has 4 rings (SSSR count). The molecule has 0 aliphatic carbocycles. The van der Waals surface area contributed by atoms with E-state index in [1.807, 2.05) is 36.4 Å². The number of pyridine rings is 1. The van der Waals surface area contributed by atoms with E-state index in [4.69, 9.17) is 4.98 Å². The normalized spacial score (nSPS) is 10.7. The quantitative estimate of drug-likeness (QED) is 0.235. The van der Waals surface area contributed by atoms with E-state index >= 15 is 0 Å². The van der Waals surface area contributed by atoms with Crippen LogP contribution >= 0.6 is 12.4 Å². The van der Waals surface area contributed by atoms with Crippen LogP contribution < -0.4 is 5.32 Å². The summed E-state index contributed by atoms with van der Waals surface area (Å²) in [5.41, 5.74) is 2.94. The molecule has 0 aliphatic heterocycles. The van der Waals surface area contributed by atoms with Gasteiger partial charge in [0, 0.05) is 22.4 Å². The lowest BCUT2D eigenvalue weighted by Gasteiger charge is -2.13. The van der Waals surface area contributed by atoms with Crippen molar-refractivity contribution in [3.63, 3.8) is 0 Å². The van der Waals surface area contributed by atoms with Gasteiger partial charge in [-0.3, -0.25) is 0 Å². The average molecular weight is 385 g/mol. The number of anilines is 1. The molecule has 4 aromatic rings. The Balaban J connectivity index is 0.00000210. The fraction of sp³-hybridized carbons (Fsp3) is 0.167. The van der Waals surface area contributed by atoms with Crippen LogP contribution in [0.1, 0.15) is 6.42 Å². The molecule has 138 valence electrons. The summed E-state index contributed by atoms with van der Waals surface area (Å²) in [6.07, 6.45) is 2.14. The largest absolute Gasteiger partial charge is 0.490 e. The monoisotopic (exact) mass is 384 g/mol. The first-order valence-corrected chi connectivity index (χ1v) is 8.27. The minimum absolute atomic E-state index is 0. The number of fused-ring (bicyclic) bond motifs is 2. The summed E-state index contributed by atoms with van der Waals surface area (Å²) in [4.78, 5) is 18.4. The summed E-state index contributed by atoms with van der Waals surface area (Å²) in [5.74, 6) is -0.371. The van der Waals surface area contributed by atoms with Crippen molar-refractivity contribution in [2.24, 2.45) is 0 Å². The number of halogens is 1. The van der Waals surface area contributed by atoms with Crippen LogP contribution in [-0.2, 0) is 6.54 Å². The Labute approximate surface area is 160 Å². The molecule has 2 aromatic heterocycles. The lowest BCUT2D eigenvalue weighted by Crippen LogP contribution is -2.08. The summed E-state index contributed by atoms with van der Waals surface area (Å²) in [6.45, 7) is 1.25. The van der Waals surface area contributed by atoms with E-state index in [0.29, 0.717) is 13.1 Å². The molecule has 0 saturated heterocycles. The number of benzene rings is 2. The Morgan fingerprint density at radius 3 is 2.26 bits per heavy atom. The Hall–Kier alpha value is -3.26. The summed E-state index contributed by atoms with van der Waals surface area (Å²) < 4.78 is 1.49. The molecule has 0 amide bonds. The highest BCUT2D eigenvalue weighted by molar-refractivity contribution is 6.07. The van der Waals surface area contributed by atoms with Crippen molar-refractivity contribution in [3.8, 4) is 0 Å². The van der Waals surface area contributed by atoms with E-state index in [-0.39, 0.29) is 18.4 Å². The van der Waals surface area contributed by atoms with E-state index in [9.17, 15) is 10.1 Å². The first kappa shape index (κ1) is 18.5. The van der Waals surface area contributed by atoms with E-state index in [1.165, 1.54) is 11.0 Å². The molecule has 0 saturated carbocycles. The van der Waals surface area contributed by atoms with Gasteiger partial charge in [-0.25, -0.2) is 4.98 Å². The van der Waals surface area contributed by atoms with Gasteiger partial charge in [-0.1, -0.05) is 41.4 Å². The Kier molecular flexibility index (Phi) is 5.46. The third-order valence-electron chi connectivity index (χ3n) is 4.14. The van der Waals surface area contributed by atoms with Gasteiger partial charge < -0.3 is 15.4 Å². The molecule has 0 atom stereocenters. The second kappa shape index (κ2) is 7.96. The Morgan fingerprint density at radius 1 is 1.04 bits per heavy atom. The number of hydrogen-bond acceptors (Lipinski definition) is 6. The first-order chi connectivity index (χ1) is 12.7. The van der Waals surface area contributed by atoms with Crippen LogP contribution in [0.2, 0.25) is 0 Å². The standard InChI is InChI=1S/C18H16N6O2.ClH/c25-24(26)18-20-12-23(22-18)11-5-10-19-17-13-6-1-3-8-15(13)21-16-9-4-2-7-14(16)17;/h1-4,6-9,12H,5,10-11H2,(H,19,21);1H. The fourth-order valence-corrected chi connectivity index (χ4v) is 2.96.